The third-order valence-corrected chi connectivity index (χ3v) is 6.57. The Labute approximate surface area is 190 Å². The Morgan fingerprint density at radius 2 is 1.79 bits per heavy atom. The van der Waals surface area contributed by atoms with Crippen LogP contribution < -0.4 is 23.5 Å². The summed E-state index contributed by atoms with van der Waals surface area (Å²) in [5, 5.41) is 1.95. The number of aryl methyl sites for hydroxylation is 2. The summed E-state index contributed by atoms with van der Waals surface area (Å²) in [6.07, 6.45) is 3.42. The number of methoxy groups -OCH3 is 2. The zero-order valence-electron chi connectivity index (χ0n) is 18.5. The van der Waals surface area contributed by atoms with E-state index in [2.05, 4.69) is 22.9 Å². The highest BCUT2D eigenvalue weighted by Crippen LogP contribution is 2.44. The van der Waals surface area contributed by atoms with Crippen molar-refractivity contribution in [3.8, 4) is 34.3 Å². The number of hydrogen-bond acceptors (Lipinski definition) is 4. The molecule has 6 heteroatoms. The van der Waals surface area contributed by atoms with E-state index in [1.54, 1.807) is 20.3 Å². The van der Waals surface area contributed by atoms with E-state index in [0.717, 1.165) is 52.1 Å². The lowest BCUT2D eigenvalue weighted by molar-refractivity contribution is -0.686. The fourth-order valence-electron chi connectivity index (χ4n) is 5.02. The van der Waals surface area contributed by atoms with E-state index in [-0.39, 0.29) is 12.6 Å². The summed E-state index contributed by atoms with van der Waals surface area (Å²) in [4.78, 5) is 0. The molecule has 0 aliphatic carbocycles. The van der Waals surface area contributed by atoms with Crippen molar-refractivity contribution in [1.29, 1.82) is 0 Å². The summed E-state index contributed by atoms with van der Waals surface area (Å²) < 4.78 is 39.6. The zero-order valence-corrected chi connectivity index (χ0v) is 18.5. The summed E-state index contributed by atoms with van der Waals surface area (Å²) in [6.45, 7) is 1.03. The van der Waals surface area contributed by atoms with Gasteiger partial charge in [0, 0.05) is 23.8 Å². The lowest BCUT2D eigenvalue weighted by atomic mass is 9.88. The maximum absolute atomic E-state index is 14.8. The Bertz CT molecular complexity index is 1420. The van der Waals surface area contributed by atoms with Gasteiger partial charge in [-0.1, -0.05) is 18.2 Å². The lowest BCUT2D eigenvalue weighted by Gasteiger charge is -2.21. The van der Waals surface area contributed by atoms with Gasteiger partial charge in [-0.3, -0.25) is 0 Å². The molecule has 0 radical (unpaired) electrons. The molecule has 4 aromatic rings. The molecule has 0 amide bonds. The van der Waals surface area contributed by atoms with Crippen LogP contribution in [0.2, 0.25) is 0 Å². The van der Waals surface area contributed by atoms with Gasteiger partial charge in [-0.15, -0.1) is 0 Å². The van der Waals surface area contributed by atoms with Crippen molar-refractivity contribution in [2.75, 3.05) is 21.0 Å². The van der Waals surface area contributed by atoms with Gasteiger partial charge in [-0.25, -0.2) is 4.39 Å². The largest absolute Gasteiger partial charge is 0.493 e. The molecular weight excluding hydrogens is 421 g/mol. The minimum absolute atomic E-state index is 0.213. The van der Waals surface area contributed by atoms with E-state index < -0.39 is 0 Å². The van der Waals surface area contributed by atoms with Crippen molar-refractivity contribution in [1.82, 2.24) is 0 Å². The topological polar surface area (TPSA) is 40.8 Å². The molecule has 1 aromatic heterocycles. The molecule has 0 unspecified atom stereocenters. The SMILES string of the molecule is COc1ccc2c(Cc3ccccc3F)c3[n+](cc2c1OC)CCc1cc2c(cc1-3)OCO2. The van der Waals surface area contributed by atoms with Crippen molar-refractivity contribution in [2.24, 2.45) is 0 Å². The van der Waals surface area contributed by atoms with E-state index in [4.69, 9.17) is 18.9 Å². The average molecular weight is 444 g/mol. The third-order valence-electron chi connectivity index (χ3n) is 6.57. The van der Waals surface area contributed by atoms with Crippen molar-refractivity contribution >= 4 is 10.8 Å². The third kappa shape index (κ3) is 3.09. The molecule has 2 aliphatic rings. The smallest absolute Gasteiger partial charge is 0.231 e. The van der Waals surface area contributed by atoms with Crippen molar-refractivity contribution in [2.45, 2.75) is 19.4 Å². The van der Waals surface area contributed by atoms with Crippen LogP contribution in [0.15, 0.2) is 54.7 Å². The van der Waals surface area contributed by atoms with Gasteiger partial charge in [0.25, 0.3) is 0 Å². The van der Waals surface area contributed by atoms with E-state index in [1.165, 1.54) is 11.6 Å². The maximum Gasteiger partial charge on any atom is 0.231 e. The number of benzene rings is 3. The first kappa shape index (κ1) is 19.9. The molecule has 2 aliphatic heterocycles. The van der Waals surface area contributed by atoms with E-state index in [1.807, 2.05) is 24.3 Å². The second-order valence-corrected chi connectivity index (χ2v) is 8.29. The molecule has 0 fully saturated rings. The molecule has 6 rings (SSSR count). The second kappa shape index (κ2) is 7.66. The lowest BCUT2D eigenvalue weighted by Crippen LogP contribution is -2.41. The molecule has 0 saturated carbocycles. The minimum Gasteiger partial charge on any atom is -0.493 e. The molecule has 3 heterocycles. The fourth-order valence-corrected chi connectivity index (χ4v) is 5.02. The highest BCUT2D eigenvalue weighted by Gasteiger charge is 2.32. The van der Waals surface area contributed by atoms with Gasteiger partial charge in [0.1, 0.15) is 5.82 Å². The maximum atomic E-state index is 14.8. The number of nitrogens with zero attached hydrogens (tertiary/aromatic N) is 1. The van der Waals surface area contributed by atoms with Crippen LogP contribution in [-0.4, -0.2) is 21.0 Å². The molecular formula is C27H23FNO4+. The summed E-state index contributed by atoms with van der Waals surface area (Å²) in [7, 11) is 3.28. The number of fused-ring (bicyclic) bond motifs is 5. The van der Waals surface area contributed by atoms with Gasteiger partial charge in [0.2, 0.25) is 12.5 Å². The Hall–Kier alpha value is -3.80. The highest BCUT2D eigenvalue weighted by molar-refractivity contribution is 5.95. The van der Waals surface area contributed by atoms with Crippen LogP contribution in [0.4, 0.5) is 4.39 Å². The van der Waals surface area contributed by atoms with Crippen LogP contribution in [0.25, 0.3) is 22.0 Å². The highest BCUT2D eigenvalue weighted by atomic mass is 19.1. The van der Waals surface area contributed by atoms with Crippen molar-refractivity contribution in [3.05, 3.63) is 77.2 Å². The standard InChI is InChI=1S/C27H23FNO4/c1-30-23-8-7-18-20(11-17-5-3-4-6-22(17)28)26-19-13-25-24(32-15-33-25)12-16(19)9-10-29(26)14-21(18)27(23)31-2/h3-8,12-14H,9-11,15H2,1-2H3/q+1. The quantitative estimate of drug-likeness (QED) is 0.423. The zero-order chi connectivity index (χ0) is 22.5. The first-order valence-electron chi connectivity index (χ1n) is 10.9. The van der Waals surface area contributed by atoms with Gasteiger partial charge in [0.15, 0.2) is 35.7 Å². The normalized spacial score (nSPS) is 13.5. The molecule has 0 spiro atoms. The van der Waals surface area contributed by atoms with Gasteiger partial charge in [-0.05, 0) is 41.5 Å². The number of aromatic nitrogens is 1. The molecule has 33 heavy (non-hydrogen) atoms. The van der Waals surface area contributed by atoms with Gasteiger partial charge in [-0.2, -0.15) is 4.57 Å². The molecule has 0 atom stereocenters. The Morgan fingerprint density at radius 3 is 2.58 bits per heavy atom. The Balaban J connectivity index is 1.67. The van der Waals surface area contributed by atoms with Gasteiger partial charge >= 0.3 is 0 Å². The number of halogens is 1. The van der Waals surface area contributed by atoms with E-state index >= 15 is 0 Å². The van der Waals surface area contributed by atoms with Crippen LogP contribution in [0, 0.1) is 5.82 Å². The Kier molecular flexibility index (Phi) is 4.61. The first-order valence-corrected chi connectivity index (χ1v) is 10.9. The average Bonchev–Trinajstić information content (AvgIpc) is 3.30. The molecule has 0 N–H and O–H groups in total. The van der Waals surface area contributed by atoms with Crippen LogP contribution >= 0.6 is 0 Å². The molecule has 0 saturated heterocycles. The van der Waals surface area contributed by atoms with Gasteiger partial charge < -0.3 is 18.9 Å². The molecule has 166 valence electrons. The van der Waals surface area contributed by atoms with E-state index in [9.17, 15) is 4.39 Å². The molecule has 0 bridgehead atoms. The fraction of sp³-hybridized carbons (Fsp3) is 0.222. The van der Waals surface area contributed by atoms with Crippen molar-refractivity contribution < 1.29 is 27.9 Å². The van der Waals surface area contributed by atoms with Crippen LogP contribution in [0.1, 0.15) is 16.7 Å². The summed E-state index contributed by atoms with van der Waals surface area (Å²) >= 11 is 0. The van der Waals surface area contributed by atoms with Crippen LogP contribution in [-0.2, 0) is 19.4 Å². The summed E-state index contributed by atoms with van der Waals surface area (Å²) in [6, 6.07) is 15.0. The number of hydrogen-bond donors (Lipinski definition) is 0. The predicted molar refractivity (Wildman–Crippen MR) is 122 cm³/mol. The summed E-state index contributed by atoms with van der Waals surface area (Å²) in [5.41, 5.74) is 5.05. The number of pyridine rings is 1. The van der Waals surface area contributed by atoms with Crippen LogP contribution in [0.3, 0.4) is 0 Å². The second-order valence-electron chi connectivity index (χ2n) is 8.29. The van der Waals surface area contributed by atoms with Gasteiger partial charge in [0.05, 0.1) is 25.2 Å². The monoisotopic (exact) mass is 444 g/mol. The van der Waals surface area contributed by atoms with E-state index in [0.29, 0.717) is 23.5 Å². The Morgan fingerprint density at radius 1 is 0.970 bits per heavy atom. The van der Waals surface area contributed by atoms with Crippen LogP contribution in [0.5, 0.6) is 23.0 Å². The first-order chi connectivity index (χ1) is 16.2. The number of rotatable bonds is 4. The summed E-state index contributed by atoms with van der Waals surface area (Å²) in [5.74, 6) is 2.66. The molecule has 3 aromatic carbocycles. The number of ether oxygens (including phenoxy) is 4. The predicted octanol–water partition coefficient (Wildman–Crippen LogP) is 4.83. The minimum atomic E-state index is -0.213. The molecule has 5 nitrogen and oxygen atoms in total. The van der Waals surface area contributed by atoms with Crippen molar-refractivity contribution in [3.63, 3.8) is 0 Å².